The lowest BCUT2D eigenvalue weighted by molar-refractivity contribution is 0.239. The van der Waals surface area contributed by atoms with E-state index in [4.69, 9.17) is 4.74 Å². The van der Waals surface area contributed by atoms with Crippen LogP contribution in [0, 0.1) is 5.92 Å². The molecule has 15 heavy (non-hydrogen) atoms. The summed E-state index contributed by atoms with van der Waals surface area (Å²) in [6.45, 7) is 3.22. The van der Waals surface area contributed by atoms with Crippen molar-refractivity contribution in [3.05, 3.63) is 29.8 Å². The van der Waals surface area contributed by atoms with E-state index in [-0.39, 0.29) is 0 Å². The van der Waals surface area contributed by atoms with Gasteiger partial charge in [0.15, 0.2) is 0 Å². The van der Waals surface area contributed by atoms with Gasteiger partial charge in [-0.05, 0) is 24.8 Å². The maximum absolute atomic E-state index is 5.31. The summed E-state index contributed by atoms with van der Waals surface area (Å²) in [7, 11) is 1.73. The summed E-state index contributed by atoms with van der Waals surface area (Å²) in [4.78, 5) is 0. The van der Waals surface area contributed by atoms with Gasteiger partial charge in [0.25, 0.3) is 0 Å². The Morgan fingerprint density at radius 3 is 2.73 bits per heavy atom. The van der Waals surface area contributed by atoms with Crippen LogP contribution in [0.1, 0.15) is 25.3 Å². The molecule has 82 valence electrons. The van der Waals surface area contributed by atoms with E-state index in [1.807, 2.05) is 12.1 Å². The van der Waals surface area contributed by atoms with Crippen LogP contribution < -0.4 is 10.1 Å². The molecule has 2 nitrogen and oxygen atoms in total. The molecule has 1 N–H and O–H groups in total. The lowest BCUT2D eigenvalue weighted by atomic mass is 9.82. The van der Waals surface area contributed by atoms with E-state index in [0.29, 0.717) is 6.04 Å². The van der Waals surface area contributed by atoms with Crippen molar-refractivity contribution in [3.8, 4) is 5.75 Å². The minimum absolute atomic E-state index is 0.713. The van der Waals surface area contributed by atoms with Crippen molar-refractivity contribution in [1.82, 2.24) is 5.32 Å². The van der Waals surface area contributed by atoms with Crippen molar-refractivity contribution < 1.29 is 4.74 Å². The third kappa shape index (κ3) is 2.51. The Morgan fingerprint density at radius 1 is 1.33 bits per heavy atom. The van der Waals surface area contributed by atoms with Crippen LogP contribution >= 0.6 is 0 Å². The molecule has 0 unspecified atom stereocenters. The standard InChI is InChI=1S/C13H19NO/c1-10-7-12(8-10)14-9-11-5-3-4-6-13(11)15-2/h3-6,10,12,14H,7-9H2,1-2H3. The SMILES string of the molecule is COc1ccccc1CNC1CC(C)C1. The first kappa shape index (κ1) is 10.5. The molecule has 0 amide bonds. The zero-order valence-electron chi connectivity index (χ0n) is 9.49. The first-order chi connectivity index (χ1) is 7.29. The number of rotatable bonds is 4. The van der Waals surface area contributed by atoms with Crippen LogP contribution in [0.2, 0.25) is 0 Å². The number of ether oxygens (including phenoxy) is 1. The molecule has 1 fully saturated rings. The van der Waals surface area contributed by atoms with Crippen molar-refractivity contribution in [2.24, 2.45) is 5.92 Å². The molecule has 1 aromatic rings. The second kappa shape index (κ2) is 4.67. The molecule has 0 heterocycles. The third-order valence-corrected chi connectivity index (χ3v) is 3.15. The number of para-hydroxylation sites is 1. The summed E-state index contributed by atoms with van der Waals surface area (Å²) in [5.74, 6) is 1.89. The molecule has 0 aliphatic heterocycles. The van der Waals surface area contributed by atoms with Gasteiger partial charge >= 0.3 is 0 Å². The van der Waals surface area contributed by atoms with Crippen molar-refractivity contribution in [1.29, 1.82) is 0 Å². The van der Waals surface area contributed by atoms with Crippen molar-refractivity contribution in [2.75, 3.05) is 7.11 Å². The van der Waals surface area contributed by atoms with Gasteiger partial charge in [-0.25, -0.2) is 0 Å². The zero-order chi connectivity index (χ0) is 10.7. The van der Waals surface area contributed by atoms with Crippen LogP contribution in [0.15, 0.2) is 24.3 Å². The highest BCUT2D eigenvalue weighted by molar-refractivity contribution is 5.33. The second-order valence-corrected chi connectivity index (χ2v) is 4.47. The molecule has 1 saturated carbocycles. The molecule has 0 radical (unpaired) electrons. The van der Waals surface area contributed by atoms with Crippen molar-refractivity contribution >= 4 is 0 Å². The monoisotopic (exact) mass is 205 g/mol. The van der Waals surface area contributed by atoms with E-state index >= 15 is 0 Å². The molecule has 1 aliphatic carbocycles. The summed E-state index contributed by atoms with van der Waals surface area (Å²) in [6, 6.07) is 8.91. The van der Waals surface area contributed by atoms with E-state index in [1.165, 1.54) is 18.4 Å². The second-order valence-electron chi connectivity index (χ2n) is 4.47. The predicted octanol–water partition coefficient (Wildman–Crippen LogP) is 2.58. The Kier molecular flexibility index (Phi) is 3.27. The van der Waals surface area contributed by atoms with E-state index in [2.05, 4.69) is 24.4 Å². The Bertz CT molecular complexity index is 318. The molecule has 0 aromatic heterocycles. The van der Waals surface area contributed by atoms with Gasteiger partial charge in [0.1, 0.15) is 5.75 Å². The average Bonchev–Trinajstić information content (AvgIpc) is 2.23. The van der Waals surface area contributed by atoms with Crippen LogP contribution in [0.5, 0.6) is 5.75 Å². The highest BCUT2D eigenvalue weighted by atomic mass is 16.5. The fraction of sp³-hybridized carbons (Fsp3) is 0.538. The van der Waals surface area contributed by atoms with Gasteiger partial charge in [0.05, 0.1) is 7.11 Å². The zero-order valence-corrected chi connectivity index (χ0v) is 9.49. The molecular formula is C13H19NO. The fourth-order valence-electron chi connectivity index (χ4n) is 2.17. The number of hydrogen-bond acceptors (Lipinski definition) is 2. The Morgan fingerprint density at radius 2 is 2.07 bits per heavy atom. The van der Waals surface area contributed by atoms with E-state index < -0.39 is 0 Å². The van der Waals surface area contributed by atoms with Crippen molar-refractivity contribution in [2.45, 2.75) is 32.4 Å². The topological polar surface area (TPSA) is 21.3 Å². The summed E-state index contributed by atoms with van der Waals surface area (Å²) in [5.41, 5.74) is 1.25. The lowest BCUT2D eigenvalue weighted by Crippen LogP contribution is -2.39. The molecule has 1 aliphatic rings. The van der Waals surface area contributed by atoms with Gasteiger partial charge in [-0.2, -0.15) is 0 Å². The van der Waals surface area contributed by atoms with Gasteiger partial charge in [0.2, 0.25) is 0 Å². The maximum atomic E-state index is 5.31. The maximum Gasteiger partial charge on any atom is 0.123 e. The quantitative estimate of drug-likeness (QED) is 0.815. The Hall–Kier alpha value is -1.02. The number of hydrogen-bond donors (Lipinski definition) is 1. The van der Waals surface area contributed by atoms with Gasteiger partial charge in [-0.15, -0.1) is 0 Å². The molecule has 0 saturated heterocycles. The first-order valence-electron chi connectivity index (χ1n) is 5.65. The smallest absolute Gasteiger partial charge is 0.123 e. The van der Waals surface area contributed by atoms with Gasteiger partial charge in [-0.3, -0.25) is 0 Å². The molecular weight excluding hydrogens is 186 g/mol. The van der Waals surface area contributed by atoms with Crippen LogP contribution in [0.25, 0.3) is 0 Å². The lowest BCUT2D eigenvalue weighted by Gasteiger charge is -2.33. The van der Waals surface area contributed by atoms with Gasteiger partial charge in [-0.1, -0.05) is 25.1 Å². The Balaban J connectivity index is 1.87. The first-order valence-corrected chi connectivity index (χ1v) is 5.65. The number of benzene rings is 1. The largest absolute Gasteiger partial charge is 0.496 e. The average molecular weight is 205 g/mol. The van der Waals surface area contributed by atoms with E-state index in [1.54, 1.807) is 7.11 Å². The molecule has 0 bridgehead atoms. The summed E-state index contributed by atoms with van der Waals surface area (Å²) < 4.78 is 5.31. The van der Waals surface area contributed by atoms with Crippen LogP contribution in [-0.4, -0.2) is 13.2 Å². The highest BCUT2D eigenvalue weighted by Gasteiger charge is 2.24. The Labute approximate surface area is 91.6 Å². The minimum Gasteiger partial charge on any atom is -0.496 e. The number of methoxy groups -OCH3 is 1. The van der Waals surface area contributed by atoms with Gasteiger partial charge < -0.3 is 10.1 Å². The van der Waals surface area contributed by atoms with E-state index in [0.717, 1.165) is 18.2 Å². The molecule has 1 aromatic carbocycles. The molecule has 0 atom stereocenters. The normalized spacial score (nSPS) is 24.7. The molecule has 0 spiro atoms. The fourth-order valence-corrected chi connectivity index (χ4v) is 2.17. The van der Waals surface area contributed by atoms with Crippen LogP contribution in [-0.2, 0) is 6.54 Å². The predicted molar refractivity (Wildman–Crippen MR) is 62.0 cm³/mol. The van der Waals surface area contributed by atoms with Crippen molar-refractivity contribution in [3.63, 3.8) is 0 Å². The minimum atomic E-state index is 0.713. The third-order valence-electron chi connectivity index (χ3n) is 3.15. The van der Waals surface area contributed by atoms with Gasteiger partial charge in [0, 0.05) is 18.2 Å². The van der Waals surface area contributed by atoms with Crippen LogP contribution in [0.4, 0.5) is 0 Å². The summed E-state index contributed by atoms with van der Waals surface area (Å²) in [5, 5.41) is 3.56. The number of nitrogens with one attached hydrogen (secondary N) is 1. The highest BCUT2D eigenvalue weighted by Crippen LogP contribution is 2.27. The summed E-state index contributed by atoms with van der Waals surface area (Å²) in [6.07, 6.45) is 2.63. The molecule has 2 heteroatoms. The van der Waals surface area contributed by atoms with Crippen LogP contribution in [0.3, 0.4) is 0 Å². The summed E-state index contributed by atoms with van der Waals surface area (Å²) >= 11 is 0. The molecule has 2 rings (SSSR count). The van der Waals surface area contributed by atoms with E-state index in [9.17, 15) is 0 Å².